The highest BCUT2D eigenvalue weighted by atomic mass is 16.5. The van der Waals surface area contributed by atoms with Crippen LogP contribution in [-0.4, -0.2) is 17.6 Å². The minimum absolute atomic E-state index is 0.0317. The molecule has 0 spiro atoms. The smallest absolute Gasteiger partial charge is 0.339 e. The Kier molecular flexibility index (Phi) is 4.51. The molecule has 0 aliphatic carbocycles. The number of nitriles is 1. The maximum atomic E-state index is 11.8. The van der Waals surface area contributed by atoms with Crippen molar-refractivity contribution in [3.05, 3.63) is 53.7 Å². The van der Waals surface area contributed by atoms with Gasteiger partial charge >= 0.3 is 5.97 Å². The third-order valence-corrected chi connectivity index (χ3v) is 2.74. The summed E-state index contributed by atoms with van der Waals surface area (Å²) >= 11 is 0. The zero-order chi connectivity index (χ0) is 14.4. The standard InChI is InChI=1S/C15H14N2O3/c1-11-5-13(9-17-8-11)15(18)20-10-12(7-16)6-14-3-2-4-19-14/h2-5,8-9,12H,6,10H2,1H3/t12-/m1/s1. The first kappa shape index (κ1) is 13.8. The molecule has 0 fully saturated rings. The van der Waals surface area contributed by atoms with Gasteiger partial charge in [-0.15, -0.1) is 0 Å². The van der Waals surface area contributed by atoms with Crippen LogP contribution in [0.3, 0.4) is 0 Å². The number of hydrogen-bond donors (Lipinski definition) is 0. The molecule has 0 aliphatic heterocycles. The largest absolute Gasteiger partial charge is 0.469 e. The zero-order valence-electron chi connectivity index (χ0n) is 11.1. The van der Waals surface area contributed by atoms with Gasteiger partial charge in [-0.05, 0) is 30.7 Å². The predicted octanol–water partition coefficient (Wildman–Crippen LogP) is 2.52. The Balaban J connectivity index is 1.90. The molecule has 0 aliphatic rings. The summed E-state index contributed by atoms with van der Waals surface area (Å²) in [4.78, 5) is 15.8. The van der Waals surface area contributed by atoms with Crippen LogP contribution in [-0.2, 0) is 11.2 Å². The van der Waals surface area contributed by atoms with Crippen molar-refractivity contribution < 1.29 is 13.9 Å². The maximum Gasteiger partial charge on any atom is 0.339 e. The summed E-state index contributed by atoms with van der Waals surface area (Å²) in [5, 5.41) is 9.06. The van der Waals surface area contributed by atoms with Gasteiger partial charge in [0.2, 0.25) is 0 Å². The molecule has 2 rings (SSSR count). The number of carbonyl (C=O) groups excluding carboxylic acids is 1. The minimum atomic E-state index is -0.471. The molecule has 0 saturated carbocycles. The Labute approximate surface area is 116 Å². The summed E-state index contributed by atoms with van der Waals surface area (Å²) in [6.07, 6.45) is 5.08. The van der Waals surface area contributed by atoms with Crippen LogP contribution < -0.4 is 0 Å². The van der Waals surface area contributed by atoms with E-state index in [1.54, 1.807) is 30.7 Å². The van der Waals surface area contributed by atoms with Gasteiger partial charge in [0.1, 0.15) is 12.4 Å². The molecule has 102 valence electrons. The molecule has 2 aromatic rings. The molecule has 0 amide bonds. The van der Waals surface area contributed by atoms with E-state index in [1.165, 1.54) is 6.20 Å². The van der Waals surface area contributed by atoms with Crippen LogP contribution in [0.15, 0.2) is 41.3 Å². The molecule has 0 bridgehead atoms. The number of nitrogens with zero attached hydrogens (tertiary/aromatic N) is 2. The number of esters is 1. The summed E-state index contributed by atoms with van der Waals surface area (Å²) in [5.41, 5.74) is 1.27. The Morgan fingerprint density at radius 2 is 2.40 bits per heavy atom. The van der Waals surface area contributed by atoms with Crippen molar-refractivity contribution in [3.8, 4) is 6.07 Å². The lowest BCUT2D eigenvalue weighted by Crippen LogP contribution is -2.15. The van der Waals surface area contributed by atoms with Crippen LogP contribution in [0.1, 0.15) is 21.7 Å². The van der Waals surface area contributed by atoms with E-state index in [9.17, 15) is 4.79 Å². The van der Waals surface area contributed by atoms with Gasteiger partial charge in [0.25, 0.3) is 0 Å². The second-order valence-corrected chi connectivity index (χ2v) is 4.46. The SMILES string of the molecule is Cc1cncc(C(=O)OC[C@@H](C#N)Cc2ccco2)c1. The summed E-state index contributed by atoms with van der Waals surface area (Å²) in [6, 6.07) is 7.35. The number of hydrogen-bond acceptors (Lipinski definition) is 5. The first-order valence-electron chi connectivity index (χ1n) is 6.20. The van der Waals surface area contributed by atoms with E-state index in [1.807, 2.05) is 6.92 Å². The van der Waals surface area contributed by atoms with Crippen LogP contribution in [0.2, 0.25) is 0 Å². The fourth-order valence-electron chi connectivity index (χ4n) is 1.74. The van der Waals surface area contributed by atoms with Crippen LogP contribution in [0.5, 0.6) is 0 Å². The number of pyridine rings is 1. The average molecular weight is 270 g/mol. The topological polar surface area (TPSA) is 76.1 Å². The van der Waals surface area contributed by atoms with E-state index in [2.05, 4.69) is 11.1 Å². The number of furan rings is 1. The molecule has 20 heavy (non-hydrogen) atoms. The van der Waals surface area contributed by atoms with Gasteiger partial charge in [-0.3, -0.25) is 4.98 Å². The summed E-state index contributed by atoms with van der Waals surface area (Å²) < 4.78 is 10.3. The quantitative estimate of drug-likeness (QED) is 0.780. The van der Waals surface area contributed by atoms with Crippen molar-refractivity contribution in [2.45, 2.75) is 13.3 Å². The molecule has 0 N–H and O–H groups in total. The third-order valence-electron chi connectivity index (χ3n) is 2.74. The van der Waals surface area contributed by atoms with Crippen molar-refractivity contribution in [2.24, 2.45) is 5.92 Å². The molecule has 5 heteroatoms. The van der Waals surface area contributed by atoms with E-state index >= 15 is 0 Å². The average Bonchev–Trinajstić information content (AvgIpc) is 2.96. The third kappa shape index (κ3) is 3.69. The number of ether oxygens (including phenoxy) is 1. The summed E-state index contributed by atoms with van der Waals surface area (Å²) in [7, 11) is 0. The maximum absolute atomic E-state index is 11.8. The fraction of sp³-hybridized carbons (Fsp3) is 0.267. The van der Waals surface area contributed by atoms with E-state index in [4.69, 9.17) is 14.4 Å². The summed E-state index contributed by atoms with van der Waals surface area (Å²) in [6.45, 7) is 1.88. The van der Waals surface area contributed by atoms with E-state index in [-0.39, 0.29) is 6.61 Å². The van der Waals surface area contributed by atoms with Crippen LogP contribution in [0.4, 0.5) is 0 Å². The first-order chi connectivity index (χ1) is 9.69. The Hall–Kier alpha value is -2.61. The molecular formula is C15H14N2O3. The van der Waals surface area contributed by atoms with Crippen LogP contribution in [0, 0.1) is 24.2 Å². The van der Waals surface area contributed by atoms with Gasteiger partial charge in [-0.2, -0.15) is 5.26 Å². The van der Waals surface area contributed by atoms with Crippen LogP contribution >= 0.6 is 0 Å². The van der Waals surface area contributed by atoms with E-state index < -0.39 is 11.9 Å². The van der Waals surface area contributed by atoms with Crippen LogP contribution in [0.25, 0.3) is 0 Å². The number of aryl methyl sites for hydroxylation is 1. The Bertz CT molecular complexity index is 614. The highest BCUT2D eigenvalue weighted by Gasteiger charge is 2.15. The second kappa shape index (κ2) is 6.53. The molecule has 0 saturated heterocycles. The molecular weight excluding hydrogens is 256 g/mol. The Morgan fingerprint density at radius 1 is 1.55 bits per heavy atom. The van der Waals surface area contributed by atoms with Crippen molar-refractivity contribution in [2.75, 3.05) is 6.61 Å². The number of carbonyl (C=O) groups is 1. The van der Waals surface area contributed by atoms with E-state index in [0.29, 0.717) is 17.7 Å². The fourth-order valence-corrected chi connectivity index (χ4v) is 1.74. The molecule has 0 aromatic carbocycles. The molecule has 1 atom stereocenters. The summed E-state index contributed by atoms with van der Waals surface area (Å²) in [5.74, 6) is -0.200. The molecule has 5 nitrogen and oxygen atoms in total. The molecule has 0 radical (unpaired) electrons. The second-order valence-electron chi connectivity index (χ2n) is 4.46. The van der Waals surface area contributed by atoms with Gasteiger partial charge in [-0.25, -0.2) is 4.79 Å². The highest BCUT2D eigenvalue weighted by Crippen LogP contribution is 2.11. The lowest BCUT2D eigenvalue weighted by atomic mass is 10.1. The van der Waals surface area contributed by atoms with Gasteiger partial charge in [0, 0.05) is 18.8 Å². The predicted molar refractivity (Wildman–Crippen MR) is 70.8 cm³/mol. The van der Waals surface area contributed by atoms with Crippen molar-refractivity contribution >= 4 is 5.97 Å². The molecule has 2 heterocycles. The molecule has 0 unspecified atom stereocenters. The highest BCUT2D eigenvalue weighted by molar-refractivity contribution is 5.89. The normalized spacial score (nSPS) is 11.6. The monoisotopic (exact) mass is 270 g/mol. The van der Waals surface area contributed by atoms with Crippen molar-refractivity contribution in [3.63, 3.8) is 0 Å². The number of rotatable bonds is 5. The van der Waals surface area contributed by atoms with Gasteiger partial charge < -0.3 is 9.15 Å². The molecule has 2 aromatic heterocycles. The van der Waals surface area contributed by atoms with E-state index in [0.717, 1.165) is 5.56 Å². The van der Waals surface area contributed by atoms with Gasteiger partial charge in [0.05, 0.1) is 23.8 Å². The lowest BCUT2D eigenvalue weighted by molar-refractivity contribution is 0.0465. The van der Waals surface area contributed by atoms with Crippen molar-refractivity contribution in [1.29, 1.82) is 5.26 Å². The Morgan fingerprint density at radius 3 is 3.05 bits per heavy atom. The number of aromatic nitrogens is 1. The minimum Gasteiger partial charge on any atom is -0.469 e. The first-order valence-corrected chi connectivity index (χ1v) is 6.20. The van der Waals surface area contributed by atoms with Gasteiger partial charge in [0.15, 0.2) is 0 Å². The lowest BCUT2D eigenvalue weighted by Gasteiger charge is -2.09. The zero-order valence-corrected chi connectivity index (χ0v) is 11.1. The van der Waals surface area contributed by atoms with Crippen molar-refractivity contribution in [1.82, 2.24) is 4.98 Å². The van der Waals surface area contributed by atoms with Gasteiger partial charge in [-0.1, -0.05) is 0 Å².